The molecular formula is C25H35N3O3. The van der Waals surface area contributed by atoms with Crippen molar-refractivity contribution < 1.29 is 14.3 Å². The van der Waals surface area contributed by atoms with Crippen LogP contribution in [0.1, 0.15) is 24.5 Å². The Morgan fingerprint density at radius 3 is 2.52 bits per heavy atom. The molecule has 31 heavy (non-hydrogen) atoms. The molecule has 168 valence electrons. The van der Waals surface area contributed by atoms with Gasteiger partial charge >= 0.3 is 0 Å². The zero-order valence-corrected chi connectivity index (χ0v) is 19.2. The first-order valence-electron chi connectivity index (χ1n) is 11.0. The minimum atomic E-state index is 0.00307. The number of carbonyl (C=O) groups is 1. The molecule has 0 aliphatic carbocycles. The number of carbonyl (C=O) groups excluding carboxylic acids is 1. The van der Waals surface area contributed by atoms with Crippen LogP contribution >= 0.6 is 0 Å². The Kier molecular flexibility index (Phi) is 8.18. The number of hydrogen-bond acceptors (Lipinski definition) is 5. The highest BCUT2D eigenvalue weighted by atomic mass is 16.5. The van der Waals surface area contributed by atoms with Gasteiger partial charge in [-0.1, -0.05) is 12.1 Å². The molecule has 6 nitrogen and oxygen atoms in total. The summed E-state index contributed by atoms with van der Waals surface area (Å²) in [6.45, 7) is 9.39. The quantitative estimate of drug-likeness (QED) is 0.668. The Hall–Kier alpha value is -2.73. The third kappa shape index (κ3) is 6.62. The fourth-order valence-corrected chi connectivity index (χ4v) is 4.02. The van der Waals surface area contributed by atoms with Crippen LogP contribution in [-0.2, 0) is 11.2 Å². The van der Waals surface area contributed by atoms with Gasteiger partial charge < -0.3 is 19.7 Å². The predicted octanol–water partition coefficient (Wildman–Crippen LogP) is 3.27. The molecular weight excluding hydrogens is 390 g/mol. The first-order valence-corrected chi connectivity index (χ1v) is 11.0. The van der Waals surface area contributed by atoms with Crippen LogP contribution in [0.5, 0.6) is 11.5 Å². The lowest BCUT2D eigenvalue weighted by Crippen LogP contribution is -2.47. The molecule has 0 aromatic heterocycles. The van der Waals surface area contributed by atoms with Crippen molar-refractivity contribution in [2.24, 2.45) is 0 Å². The van der Waals surface area contributed by atoms with Crippen LogP contribution in [0.25, 0.3) is 0 Å². The van der Waals surface area contributed by atoms with E-state index in [0.29, 0.717) is 5.75 Å². The molecule has 1 N–H and O–H groups in total. The summed E-state index contributed by atoms with van der Waals surface area (Å²) >= 11 is 0. The lowest BCUT2D eigenvalue weighted by molar-refractivity contribution is -0.121. The monoisotopic (exact) mass is 425 g/mol. The first kappa shape index (κ1) is 22.9. The number of benzene rings is 2. The van der Waals surface area contributed by atoms with Crippen LogP contribution in [-0.4, -0.2) is 63.8 Å². The standard InChI is InChI=1S/C25H35N3O3/c1-19-6-5-7-22(16-19)28-14-12-27(13-15-28)11-10-20(2)26-25(29)18-21-17-23(30-3)8-9-24(21)31-4/h5-9,16-17,20H,10-15,18H2,1-4H3,(H,26,29). The van der Waals surface area contributed by atoms with Crippen molar-refractivity contribution in [2.75, 3.05) is 51.8 Å². The molecule has 1 saturated heterocycles. The average Bonchev–Trinajstić information content (AvgIpc) is 2.78. The highest BCUT2D eigenvalue weighted by Gasteiger charge is 2.18. The maximum atomic E-state index is 12.5. The smallest absolute Gasteiger partial charge is 0.224 e. The third-order valence-electron chi connectivity index (χ3n) is 5.86. The van der Waals surface area contributed by atoms with Gasteiger partial charge in [-0.2, -0.15) is 0 Å². The number of piperazine rings is 1. The second kappa shape index (κ2) is 11.0. The van der Waals surface area contributed by atoms with Gasteiger partial charge in [0.25, 0.3) is 0 Å². The molecule has 1 heterocycles. The Bertz CT molecular complexity index is 863. The zero-order chi connectivity index (χ0) is 22.2. The van der Waals surface area contributed by atoms with Crippen LogP contribution < -0.4 is 19.7 Å². The van der Waals surface area contributed by atoms with E-state index < -0.39 is 0 Å². The number of methoxy groups -OCH3 is 2. The molecule has 3 rings (SSSR count). The van der Waals surface area contributed by atoms with Gasteiger partial charge in [0.1, 0.15) is 11.5 Å². The highest BCUT2D eigenvalue weighted by Crippen LogP contribution is 2.24. The summed E-state index contributed by atoms with van der Waals surface area (Å²) in [6, 6.07) is 14.4. The summed E-state index contributed by atoms with van der Waals surface area (Å²) in [5.41, 5.74) is 3.45. The number of anilines is 1. The summed E-state index contributed by atoms with van der Waals surface area (Å²) in [5, 5.41) is 3.13. The Morgan fingerprint density at radius 1 is 1.06 bits per heavy atom. The SMILES string of the molecule is COc1ccc(OC)c(CC(=O)NC(C)CCN2CCN(c3cccc(C)c3)CC2)c1. The van der Waals surface area contributed by atoms with Crippen LogP contribution in [0.4, 0.5) is 5.69 Å². The van der Waals surface area contributed by atoms with Crippen LogP contribution in [0.2, 0.25) is 0 Å². The van der Waals surface area contributed by atoms with Crippen molar-refractivity contribution in [3.8, 4) is 11.5 Å². The number of aryl methyl sites for hydroxylation is 1. The van der Waals surface area contributed by atoms with E-state index in [1.165, 1.54) is 11.3 Å². The van der Waals surface area contributed by atoms with Crippen molar-refractivity contribution in [3.63, 3.8) is 0 Å². The van der Waals surface area contributed by atoms with Gasteiger partial charge in [0.15, 0.2) is 0 Å². The molecule has 0 radical (unpaired) electrons. The van der Waals surface area contributed by atoms with E-state index in [1.807, 2.05) is 18.2 Å². The molecule has 0 bridgehead atoms. The van der Waals surface area contributed by atoms with E-state index in [2.05, 4.69) is 53.2 Å². The number of hydrogen-bond donors (Lipinski definition) is 1. The molecule has 1 aliphatic heterocycles. The van der Waals surface area contributed by atoms with Gasteiger partial charge in [0, 0.05) is 50.0 Å². The van der Waals surface area contributed by atoms with Gasteiger partial charge in [0.2, 0.25) is 5.91 Å². The van der Waals surface area contributed by atoms with Crippen molar-refractivity contribution >= 4 is 11.6 Å². The van der Waals surface area contributed by atoms with E-state index in [4.69, 9.17) is 9.47 Å². The Morgan fingerprint density at radius 2 is 1.84 bits per heavy atom. The number of amides is 1. The Labute approximate surface area is 186 Å². The molecule has 0 saturated carbocycles. The second-order valence-corrected chi connectivity index (χ2v) is 8.28. The number of rotatable bonds is 9. The average molecular weight is 426 g/mol. The summed E-state index contributed by atoms with van der Waals surface area (Å²) < 4.78 is 10.6. The van der Waals surface area contributed by atoms with E-state index in [-0.39, 0.29) is 18.4 Å². The van der Waals surface area contributed by atoms with E-state index >= 15 is 0 Å². The molecule has 1 fully saturated rings. The maximum absolute atomic E-state index is 12.5. The maximum Gasteiger partial charge on any atom is 0.224 e. The van der Waals surface area contributed by atoms with Crippen LogP contribution in [0, 0.1) is 6.92 Å². The van der Waals surface area contributed by atoms with E-state index in [0.717, 1.165) is 50.5 Å². The van der Waals surface area contributed by atoms with Crippen molar-refractivity contribution in [3.05, 3.63) is 53.6 Å². The minimum Gasteiger partial charge on any atom is -0.497 e. The largest absolute Gasteiger partial charge is 0.497 e. The van der Waals surface area contributed by atoms with E-state index in [1.54, 1.807) is 14.2 Å². The first-order chi connectivity index (χ1) is 15.0. The van der Waals surface area contributed by atoms with Gasteiger partial charge in [-0.25, -0.2) is 0 Å². The fraction of sp³-hybridized carbons (Fsp3) is 0.480. The van der Waals surface area contributed by atoms with Gasteiger partial charge in [-0.05, 0) is 56.2 Å². The van der Waals surface area contributed by atoms with Gasteiger partial charge in [-0.15, -0.1) is 0 Å². The van der Waals surface area contributed by atoms with Crippen molar-refractivity contribution in [1.82, 2.24) is 10.2 Å². The third-order valence-corrected chi connectivity index (χ3v) is 5.86. The lowest BCUT2D eigenvalue weighted by Gasteiger charge is -2.36. The summed E-state index contributed by atoms with van der Waals surface area (Å²) in [5.74, 6) is 1.43. The number of ether oxygens (including phenoxy) is 2. The summed E-state index contributed by atoms with van der Waals surface area (Å²) in [7, 11) is 3.24. The minimum absolute atomic E-state index is 0.00307. The zero-order valence-electron chi connectivity index (χ0n) is 19.2. The van der Waals surface area contributed by atoms with Crippen LogP contribution in [0.15, 0.2) is 42.5 Å². The van der Waals surface area contributed by atoms with Crippen molar-refractivity contribution in [2.45, 2.75) is 32.7 Å². The number of nitrogens with zero attached hydrogens (tertiary/aromatic N) is 2. The lowest BCUT2D eigenvalue weighted by atomic mass is 10.1. The molecule has 6 heteroatoms. The molecule has 1 amide bonds. The predicted molar refractivity (Wildman–Crippen MR) is 125 cm³/mol. The topological polar surface area (TPSA) is 54.0 Å². The number of nitrogens with one attached hydrogen (secondary N) is 1. The molecule has 1 atom stereocenters. The summed E-state index contributed by atoms with van der Waals surface area (Å²) in [6.07, 6.45) is 1.21. The molecule has 2 aromatic rings. The Balaban J connectivity index is 1.41. The molecule has 1 aliphatic rings. The molecule has 0 spiro atoms. The van der Waals surface area contributed by atoms with Gasteiger partial charge in [-0.3, -0.25) is 9.69 Å². The second-order valence-electron chi connectivity index (χ2n) is 8.28. The molecule has 2 aromatic carbocycles. The van der Waals surface area contributed by atoms with Gasteiger partial charge in [0.05, 0.1) is 20.6 Å². The normalized spacial score (nSPS) is 15.4. The molecule has 1 unspecified atom stereocenters. The fourth-order valence-electron chi connectivity index (χ4n) is 4.02. The highest BCUT2D eigenvalue weighted by molar-refractivity contribution is 5.79. The van der Waals surface area contributed by atoms with Crippen LogP contribution in [0.3, 0.4) is 0 Å². The van der Waals surface area contributed by atoms with Crippen molar-refractivity contribution in [1.29, 1.82) is 0 Å². The van der Waals surface area contributed by atoms with E-state index in [9.17, 15) is 4.79 Å². The summed E-state index contributed by atoms with van der Waals surface area (Å²) in [4.78, 5) is 17.5.